The van der Waals surface area contributed by atoms with Gasteiger partial charge in [-0.05, 0) is 24.3 Å². The Hall–Kier alpha value is -3.60. The van der Waals surface area contributed by atoms with Crippen LogP contribution in [0.4, 0.5) is 5.69 Å². The van der Waals surface area contributed by atoms with Gasteiger partial charge in [-0.25, -0.2) is 9.78 Å². The number of carbonyl (C=O) groups is 2. The molecule has 3 heterocycles. The van der Waals surface area contributed by atoms with Crippen LogP contribution in [0.5, 0.6) is 11.5 Å². The molecule has 1 aliphatic heterocycles. The van der Waals surface area contributed by atoms with E-state index in [0.717, 1.165) is 0 Å². The molecule has 1 amide bonds. The average molecular weight is 413 g/mol. The Morgan fingerprint density at radius 2 is 2.07 bits per heavy atom. The van der Waals surface area contributed by atoms with Crippen molar-refractivity contribution in [1.82, 2.24) is 19.7 Å². The molecule has 3 aromatic rings. The lowest BCUT2D eigenvalue weighted by molar-refractivity contribution is -0.113. The predicted molar refractivity (Wildman–Crippen MR) is 102 cm³/mol. The first-order chi connectivity index (χ1) is 14.1. The van der Waals surface area contributed by atoms with Crippen molar-refractivity contribution in [1.29, 1.82) is 0 Å². The number of amides is 1. The van der Waals surface area contributed by atoms with Gasteiger partial charge in [0.15, 0.2) is 23.0 Å². The lowest BCUT2D eigenvalue weighted by Crippen LogP contribution is -2.14. The number of benzene rings is 1. The van der Waals surface area contributed by atoms with Gasteiger partial charge in [-0.2, -0.15) is 0 Å². The third-order valence-corrected chi connectivity index (χ3v) is 4.80. The van der Waals surface area contributed by atoms with E-state index < -0.39 is 5.97 Å². The fraction of sp³-hybridized carbons (Fsp3) is 0.167. The van der Waals surface area contributed by atoms with Crippen LogP contribution in [0.15, 0.2) is 47.9 Å². The quantitative estimate of drug-likeness (QED) is 0.477. The van der Waals surface area contributed by atoms with Crippen LogP contribution in [0.2, 0.25) is 0 Å². The summed E-state index contributed by atoms with van der Waals surface area (Å²) >= 11 is 1.25. The minimum Gasteiger partial charge on any atom is -0.464 e. The number of aromatic nitrogens is 4. The fourth-order valence-electron chi connectivity index (χ4n) is 2.50. The number of anilines is 1. The number of imidazole rings is 1. The maximum atomic E-state index is 12.2. The van der Waals surface area contributed by atoms with Gasteiger partial charge >= 0.3 is 5.97 Å². The van der Waals surface area contributed by atoms with Crippen LogP contribution in [-0.4, -0.2) is 51.3 Å². The van der Waals surface area contributed by atoms with Crippen molar-refractivity contribution in [3.63, 3.8) is 0 Å². The highest BCUT2D eigenvalue weighted by Gasteiger charge is 2.14. The second kappa shape index (κ2) is 8.19. The molecule has 0 fully saturated rings. The number of hydrogen-bond acceptors (Lipinski definition) is 9. The molecule has 1 aliphatic rings. The molecule has 29 heavy (non-hydrogen) atoms. The van der Waals surface area contributed by atoms with Crippen molar-refractivity contribution < 1.29 is 23.8 Å². The number of methoxy groups -OCH3 is 1. The Balaban J connectivity index is 1.32. The third kappa shape index (κ3) is 4.29. The molecule has 0 unspecified atom stereocenters. The summed E-state index contributed by atoms with van der Waals surface area (Å²) in [5, 5.41) is 11.6. The van der Waals surface area contributed by atoms with E-state index in [1.54, 1.807) is 34.9 Å². The zero-order chi connectivity index (χ0) is 20.2. The number of fused-ring (bicyclic) bond motifs is 1. The molecule has 0 saturated heterocycles. The monoisotopic (exact) mass is 413 g/mol. The maximum absolute atomic E-state index is 12.2. The zero-order valence-corrected chi connectivity index (χ0v) is 16.0. The zero-order valence-electron chi connectivity index (χ0n) is 15.2. The van der Waals surface area contributed by atoms with Crippen LogP contribution in [0.3, 0.4) is 0 Å². The minimum absolute atomic E-state index is 0.167. The Morgan fingerprint density at radius 3 is 2.86 bits per heavy atom. The van der Waals surface area contributed by atoms with Crippen LogP contribution in [-0.2, 0) is 9.53 Å². The summed E-state index contributed by atoms with van der Waals surface area (Å²) < 4.78 is 16.7. The molecular formula is C18H15N5O5S. The molecule has 1 N–H and O–H groups in total. The summed E-state index contributed by atoms with van der Waals surface area (Å²) in [5.74, 6) is 1.20. The first kappa shape index (κ1) is 18.7. The van der Waals surface area contributed by atoms with Crippen molar-refractivity contribution in [2.24, 2.45) is 0 Å². The van der Waals surface area contributed by atoms with Crippen molar-refractivity contribution in [2.45, 2.75) is 5.03 Å². The standard InChI is InChI=1S/C18H15N5O5S/c1-26-18(25)12-7-23(9-19-12)15-4-5-17(22-21-15)29-8-16(24)20-11-2-3-13-14(6-11)28-10-27-13/h2-7,9H,8,10H2,1H3,(H,20,24). The Kier molecular flexibility index (Phi) is 5.29. The topological polar surface area (TPSA) is 117 Å². The number of nitrogens with one attached hydrogen (secondary N) is 1. The van der Waals surface area contributed by atoms with Gasteiger partial charge in [-0.1, -0.05) is 11.8 Å². The molecule has 2 aromatic heterocycles. The molecule has 148 valence electrons. The van der Waals surface area contributed by atoms with E-state index in [4.69, 9.17) is 9.47 Å². The molecule has 0 saturated carbocycles. The molecule has 0 radical (unpaired) electrons. The predicted octanol–water partition coefficient (Wildman–Crippen LogP) is 1.91. The molecular weight excluding hydrogens is 398 g/mol. The van der Waals surface area contributed by atoms with E-state index in [2.05, 4.69) is 25.2 Å². The Morgan fingerprint density at radius 1 is 1.21 bits per heavy atom. The Labute approximate surface area is 169 Å². The summed E-state index contributed by atoms with van der Waals surface area (Å²) in [6.07, 6.45) is 2.95. The van der Waals surface area contributed by atoms with Gasteiger partial charge in [0.05, 0.1) is 12.9 Å². The third-order valence-electron chi connectivity index (χ3n) is 3.88. The number of ether oxygens (including phenoxy) is 3. The molecule has 0 bridgehead atoms. The van der Waals surface area contributed by atoms with E-state index in [1.807, 2.05) is 0 Å². The van der Waals surface area contributed by atoms with E-state index >= 15 is 0 Å². The number of thioether (sulfide) groups is 1. The first-order valence-electron chi connectivity index (χ1n) is 8.41. The highest BCUT2D eigenvalue weighted by molar-refractivity contribution is 7.99. The SMILES string of the molecule is COC(=O)c1cn(-c2ccc(SCC(=O)Nc3ccc4c(c3)OCO4)nn2)cn1. The van der Waals surface area contributed by atoms with Gasteiger partial charge in [-0.15, -0.1) is 10.2 Å². The van der Waals surface area contributed by atoms with E-state index in [0.29, 0.717) is 28.0 Å². The van der Waals surface area contributed by atoms with Crippen LogP contribution >= 0.6 is 11.8 Å². The van der Waals surface area contributed by atoms with E-state index in [-0.39, 0.29) is 24.1 Å². The average Bonchev–Trinajstić information content (AvgIpc) is 3.41. The highest BCUT2D eigenvalue weighted by atomic mass is 32.2. The second-order valence-electron chi connectivity index (χ2n) is 5.79. The molecule has 1 aromatic carbocycles. The van der Waals surface area contributed by atoms with Gasteiger partial charge in [0.1, 0.15) is 11.4 Å². The summed E-state index contributed by atoms with van der Waals surface area (Å²) in [4.78, 5) is 27.6. The number of carbonyl (C=O) groups excluding carboxylic acids is 2. The summed E-state index contributed by atoms with van der Waals surface area (Å²) in [5.41, 5.74) is 0.802. The Bertz CT molecular complexity index is 1050. The molecule has 0 aliphatic carbocycles. The van der Waals surface area contributed by atoms with Gasteiger partial charge in [0, 0.05) is 18.0 Å². The highest BCUT2D eigenvalue weighted by Crippen LogP contribution is 2.34. The normalized spacial score (nSPS) is 11.9. The molecule has 10 nitrogen and oxygen atoms in total. The van der Waals surface area contributed by atoms with Gasteiger partial charge in [-0.3, -0.25) is 9.36 Å². The number of nitrogens with zero attached hydrogens (tertiary/aromatic N) is 4. The minimum atomic E-state index is -0.530. The largest absolute Gasteiger partial charge is 0.464 e. The molecule has 0 atom stereocenters. The molecule has 4 rings (SSSR count). The summed E-state index contributed by atoms with van der Waals surface area (Å²) in [7, 11) is 1.29. The van der Waals surface area contributed by atoms with E-state index in [9.17, 15) is 9.59 Å². The van der Waals surface area contributed by atoms with Gasteiger partial charge in [0.25, 0.3) is 0 Å². The second-order valence-corrected chi connectivity index (χ2v) is 6.79. The lowest BCUT2D eigenvalue weighted by Gasteiger charge is -2.06. The smallest absolute Gasteiger partial charge is 0.358 e. The van der Waals surface area contributed by atoms with E-state index in [1.165, 1.54) is 31.4 Å². The fourth-order valence-corrected chi connectivity index (χ4v) is 3.11. The number of hydrogen-bond donors (Lipinski definition) is 1. The number of esters is 1. The maximum Gasteiger partial charge on any atom is 0.358 e. The van der Waals surface area contributed by atoms with Crippen LogP contribution in [0.25, 0.3) is 5.82 Å². The number of rotatable bonds is 6. The molecule has 11 heteroatoms. The van der Waals surface area contributed by atoms with Crippen molar-refractivity contribution in [3.05, 3.63) is 48.5 Å². The van der Waals surface area contributed by atoms with Crippen molar-refractivity contribution in [3.8, 4) is 17.3 Å². The van der Waals surface area contributed by atoms with Crippen LogP contribution < -0.4 is 14.8 Å². The first-order valence-corrected chi connectivity index (χ1v) is 9.39. The van der Waals surface area contributed by atoms with Crippen molar-refractivity contribution in [2.75, 3.05) is 25.0 Å². The van der Waals surface area contributed by atoms with Crippen LogP contribution in [0.1, 0.15) is 10.5 Å². The van der Waals surface area contributed by atoms with Crippen LogP contribution in [0, 0.1) is 0 Å². The summed E-state index contributed by atoms with van der Waals surface area (Å²) in [6, 6.07) is 8.66. The summed E-state index contributed by atoms with van der Waals surface area (Å²) in [6.45, 7) is 0.181. The van der Waals surface area contributed by atoms with Crippen molar-refractivity contribution >= 4 is 29.3 Å². The lowest BCUT2D eigenvalue weighted by atomic mass is 10.3. The molecule has 0 spiro atoms. The van der Waals surface area contributed by atoms with Gasteiger partial charge < -0.3 is 19.5 Å². The van der Waals surface area contributed by atoms with Gasteiger partial charge in [0.2, 0.25) is 12.7 Å².